The molecule has 0 radical (unpaired) electrons. The molecule has 1 saturated heterocycles. The summed E-state index contributed by atoms with van der Waals surface area (Å²) in [7, 11) is 3.59. The van der Waals surface area contributed by atoms with E-state index in [1.54, 1.807) is 33.1 Å². The molecule has 36 heavy (non-hydrogen) atoms. The van der Waals surface area contributed by atoms with Crippen molar-refractivity contribution in [3.05, 3.63) is 47.0 Å². The quantitative estimate of drug-likeness (QED) is 0.546. The standard InChI is InChI=1S/C27H40N4O4S/c1-19-16-22(8-9-25(19)31-14-10-23(11-15-31)29(4)5)28-26(32)12-13-30(6)36(33,34)27-20(2)17-24(35-7)18-21(27)3/h8-9,16-18,23H,10-15H2,1-7H3,(H,28,32). The zero-order chi connectivity index (χ0) is 26.6. The molecule has 0 aromatic heterocycles. The van der Waals surface area contributed by atoms with Crippen molar-refractivity contribution in [2.24, 2.45) is 0 Å². The minimum absolute atomic E-state index is 0.0584. The van der Waals surface area contributed by atoms with Crippen LogP contribution in [0.4, 0.5) is 11.4 Å². The minimum Gasteiger partial charge on any atom is -0.497 e. The van der Waals surface area contributed by atoms with Gasteiger partial charge in [0.2, 0.25) is 15.9 Å². The smallest absolute Gasteiger partial charge is 0.243 e. The number of amides is 1. The van der Waals surface area contributed by atoms with Crippen molar-refractivity contribution >= 4 is 27.3 Å². The van der Waals surface area contributed by atoms with Crippen molar-refractivity contribution in [3.8, 4) is 5.75 Å². The number of hydrogen-bond donors (Lipinski definition) is 1. The van der Waals surface area contributed by atoms with Crippen LogP contribution in [0.3, 0.4) is 0 Å². The molecule has 1 fully saturated rings. The SMILES string of the molecule is COc1cc(C)c(S(=O)(=O)N(C)CCC(=O)Nc2ccc(N3CCC(N(C)C)CC3)c(C)c2)c(C)c1. The van der Waals surface area contributed by atoms with E-state index in [1.807, 2.05) is 12.1 Å². The van der Waals surface area contributed by atoms with Crippen LogP contribution in [0.2, 0.25) is 0 Å². The molecule has 198 valence electrons. The Kier molecular flexibility index (Phi) is 9.03. The Morgan fingerprint density at radius 1 is 1.03 bits per heavy atom. The summed E-state index contributed by atoms with van der Waals surface area (Å²) >= 11 is 0. The summed E-state index contributed by atoms with van der Waals surface area (Å²) in [6.45, 7) is 7.67. The van der Waals surface area contributed by atoms with E-state index in [2.05, 4.69) is 42.2 Å². The monoisotopic (exact) mass is 516 g/mol. The van der Waals surface area contributed by atoms with Gasteiger partial charge in [0, 0.05) is 50.5 Å². The van der Waals surface area contributed by atoms with Gasteiger partial charge in [-0.2, -0.15) is 0 Å². The molecule has 8 nitrogen and oxygen atoms in total. The van der Waals surface area contributed by atoms with Crippen molar-refractivity contribution in [2.45, 2.75) is 51.0 Å². The Morgan fingerprint density at radius 3 is 2.17 bits per heavy atom. The molecule has 2 aromatic rings. The third-order valence-corrected chi connectivity index (χ3v) is 9.17. The van der Waals surface area contributed by atoms with Crippen molar-refractivity contribution < 1.29 is 17.9 Å². The molecule has 1 amide bonds. The number of carbonyl (C=O) groups excluding carboxylic acids is 1. The van der Waals surface area contributed by atoms with E-state index in [0.29, 0.717) is 22.9 Å². The number of rotatable bonds is 9. The van der Waals surface area contributed by atoms with E-state index in [1.165, 1.54) is 17.0 Å². The molecule has 2 aromatic carbocycles. The highest BCUT2D eigenvalue weighted by molar-refractivity contribution is 7.89. The zero-order valence-electron chi connectivity index (χ0n) is 22.6. The molecule has 3 rings (SSSR count). The summed E-state index contributed by atoms with van der Waals surface area (Å²) in [6.07, 6.45) is 2.33. The van der Waals surface area contributed by atoms with Crippen LogP contribution in [0.15, 0.2) is 35.2 Å². The summed E-state index contributed by atoms with van der Waals surface area (Å²) in [6, 6.07) is 10.00. The molecular weight excluding hydrogens is 476 g/mol. The van der Waals surface area contributed by atoms with E-state index >= 15 is 0 Å². The molecule has 0 spiro atoms. The Balaban J connectivity index is 1.59. The van der Waals surface area contributed by atoms with Crippen molar-refractivity contribution in [2.75, 3.05) is 58.1 Å². The average Bonchev–Trinajstić information content (AvgIpc) is 2.82. The van der Waals surface area contributed by atoms with Gasteiger partial charge >= 0.3 is 0 Å². The molecule has 0 bridgehead atoms. The van der Waals surface area contributed by atoms with Gasteiger partial charge < -0.3 is 19.9 Å². The van der Waals surface area contributed by atoms with Crippen LogP contribution >= 0.6 is 0 Å². The van der Waals surface area contributed by atoms with Crippen LogP contribution in [0, 0.1) is 20.8 Å². The third-order valence-electron chi connectivity index (χ3n) is 7.01. The van der Waals surface area contributed by atoms with Gasteiger partial charge in [0.05, 0.1) is 12.0 Å². The lowest BCUT2D eigenvalue weighted by Crippen LogP contribution is -2.42. The predicted octanol–water partition coefficient (Wildman–Crippen LogP) is 3.80. The molecule has 0 saturated carbocycles. The van der Waals surface area contributed by atoms with Crippen LogP contribution in [0.5, 0.6) is 5.75 Å². The van der Waals surface area contributed by atoms with Crippen molar-refractivity contribution in [3.63, 3.8) is 0 Å². The van der Waals surface area contributed by atoms with E-state index in [-0.39, 0.29) is 23.8 Å². The van der Waals surface area contributed by atoms with Gasteiger partial charge in [0.15, 0.2) is 0 Å². The lowest BCUT2D eigenvalue weighted by molar-refractivity contribution is -0.116. The fourth-order valence-electron chi connectivity index (χ4n) is 4.90. The molecule has 1 N–H and O–H groups in total. The maximum Gasteiger partial charge on any atom is 0.243 e. The number of piperidine rings is 1. The normalized spacial score (nSPS) is 15.0. The molecule has 1 aliphatic heterocycles. The van der Waals surface area contributed by atoms with Gasteiger partial charge in [0.1, 0.15) is 5.75 Å². The Bertz CT molecular complexity index is 1170. The first kappa shape index (κ1) is 28.0. The van der Waals surface area contributed by atoms with Gasteiger partial charge in [-0.25, -0.2) is 12.7 Å². The number of sulfonamides is 1. The molecule has 0 unspecified atom stereocenters. The Hall–Kier alpha value is -2.62. The van der Waals surface area contributed by atoms with E-state index < -0.39 is 10.0 Å². The van der Waals surface area contributed by atoms with Gasteiger partial charge in [-0.15, -0.1) is 0 Å². The van der Waals surface area contributed by atoms with Crippen LogP contribution in [-0.2, 0) is 14.8 Å². The minimum atomic E-state index is -3.74. The highest BCUT2D eigenvalue weighted by atomic mass is 32.2. The Labute approximate surface area is 216 Å². The number of benzene rings is 2. The molecule has 9 heteroatoms. The Morgan fingerprint density at radius 2 is 1.64 bits per heavy atom. The van der Waals surface area contributed by atoms with Gasteiger partial charge in [0.25, 0.3) is 0 Å². The molecule has 0 atom stereocenters. The lowest BCUT2D eigenvalue weighted by Gasteiger charge is -2.37. The predicted molar refractivity (Wildman–Crippen MR) is 146 cm³/mol. The number of carbonyl (C=O) groups is 1. The van der Waals surface area contributed by atoms with E-state index in [9.17, 15) is 13.2 Å². The van der Waals surface area contributed by atoms with Crippen LogP contribution in [0.1, 0.15) is 36.0 Å². The summed E-state index contributed by atoms with van der Waals surface area (Å²) < 4.78 is 32.8. The van der Waals surface area contributed by atoms with Gasteiger partial charge in [-0.05, 0) is 94.7 Å². The number of anilines is 2. The number of aryl methyl sites for hydroxylation is 3. The largest absolute Gasteiger partial charge is 0.497 e. The van der Waals surface area contributed by atoms with Crippen molar-refractivity contribution in [1.29, 1.82) is 0 Å². The van der Waals surface area contributed by atoms with Crippen LogP contribution in [0.25, 0.3) is 0 Å². The van der Waals surface area contributed by atoms with Gasteiger partial charge in [-0.1, -0.05) is 0 Å². The second-order valence-electron chi connectivity index (χ2n) is 9.90. The summed E-state index contributed by atoms with van der Waals surface area (Å²) in [4.78, 5) is 17.6. The first-order valence-electron chi connectivity index (χ1n) is 12.4. The van der Waals surface area contributed by atoms with Crippen LogP contribution < -0.4 is 15.0 Å². The topological polar surface area (TPSA) is 82.2 Å². The van der Waals surface area contributed by atoms with Gasteiger partial charge in [-0.3, -0.25) is 4.79 Å². The van der Waals surface area contributed by atoms with Crippen LogP contribution in [-0.4, -0.2) is 77.5 Å². The van der Waals surface area contributed by atoms with Crippen molar-refractivity contribution in [1.82, 2.24) is 9.21 Å². The molecular formula is C27H40N4O4S. The summed E-state index contributed by atoms with van der Waals surface area (Å²) in [5, 5.41) is 2.92. The summed E-state index contributed by atoms with van der Waals surface area (Å²) in [5.41, 5.74) is 4.26. The number of methoxy groups -OCH3 is 1. The average molecular weight is 517 g/mol. The highest BCUT2D eigenvalue weighted by Gasteiger charge is 2.26. The lowest BCUT2D eigenvalue weighted by atomic mass is 10.0. The maximum atomic E-state index is 13.2. The number of hydrogen-bond acceptors (Lipinski definition) is 6. The number of nitrogens with one attached hydrogen (secondary N) is 1. The first-order chi connectivity index (χ1) is 16.9. The van der Waals surface area contributed by atoms with E-state index in [0.717, 1.165) is 37.2 Å². The van der Waals surface area contributed by atoms with E-state index in [4.69, 9.17) is 4.74 Å². The fourth-order valence-corrected chi connectivity index (χ4v) is 6.48. The molecule has 1 heterocycles. The second-order valence-corrected chi connectivity index (χ2v) is 11.9. The second kappa shape index (κ2) is 11.6. The summed E-state index contributed by atoms with van der Waals surface area (Å²) in [5.74, 6) is 0.393. The first-order valence-corrected chi connectivity index (χ1v) is 13.8. The molecule has 0 aliphatic carbocycles. The highest BCUT2D eigenvalue weighted by Crippen LogP contribution is 2.29. The zero-order valence-corrected chi connectivity index (χ0v) is 23.4. The number of ether oxygens (including phenoxy) is 1. The third kappa shape index (κ3) is 6.38. The molecule has 1 aliphatic rings. The number of nitrogens with zero attached hydrogens (tertiary/aromatic N) is 3. The fraction of sp³-hybridized carbons (Fsp3) is 0.519. The maximum absolute atomic E-state index is 13.2.